The van der Waals surface area contributed by atoms with Crippen molar-refractivity contribution in [2.24, 2.45) is 5.73 Å². The highest BCUT2D eigenvalue weighted by Gasteiger charge is 2.19. The lowest BCUT2D eigenvalue weighted by Crippen LogP contribution is -2.37. The molecule has 2 heterocycles. The van der Waals surface area contributed by atoms with Crippen molar-refractivity contribution < 1.29 is 0 Å². The number of aromatic nitrogens is 1. The number of nitrogens with zero attached hydrogens (tertiary/aromatic N) is 2. The fourth-order valence-electron chi connectivity index (χ4n) is 2.06. The monoisotopic (exact) mass is 271 g/mol. The zero-order valence-corrected chi connectivity index (χ0v) is 12.0. The van der Waals surface area contributed by atoms with Crippen LogP contribution in [-0.2, 0) is 13.0 Å². The molecule has 0 radical (unpaired) electrons. The van der Waals surface area contributed by atoms with Gasteiger partial charge in [0.25, 0.3) is 0 Å². The van der Waals surface area contributed by atoms with E-state index in [1.165, 1.54) is 36.0 Å². The predicted molar refractivity (Wildman–Crippen MR) is 76.7 cm³/mol. The number of nitrogens with two attached hydrogens (primary N) is 1. The molecule has 0 saturated carbocycles. The Morgan fingerprint density at radius 1 is 1.59 bits per heavy atom. The molecular weight excluding hydrogens is 250 g/mol. The van der Waals surface area contributed by atoms with Crippen molar-refractivity contribution in [3.63, 3.8) is 0 Å². The van der Waals surface area contributed by atoms with Crippen LogP contribution in [0.15, 0.2) is 5.38 Å². The summed E-state index contributed by atoms with van der Waals surface area (Å²) in [5, 5.41) is 4.18. The largest absolute Gasteiger partial charge is 0.330 e. The second kappa shape index (κ2) is 6.73. The zero-order chi connectivity index (χ0) is 12.1. The van der Waals surface area contributed by atoms with Gasteiger partial charge in [0.05, 0.1) is 10.7 Å². The van der Waals surface area contributed by atoms with E-state index in [9.17, 15) is 0 Å². The minimum atomic E-state index is 0.700. The minimum Gasteiger partial charge on any atom is -0.330 e. The summed E-state index contributed by atoms with van der Waals surface area (Å²) in [4.78, 5) is 7.17. The average molecular weight is 271 g/mol. The topological polar surface area (TPSA) is 42.1 Å². The first-order valence-corrected chi connectivity index (χ1v) is 8.22. The van der Waals surface area contributed by atoms with Gasteiger partial charge in [-0.15, -0.1) is 11.3 Å². The third-order valence-electron chi connectivity index (χ3n) is 3.02. The second-order valence-corrected chi connectivity index (χ2v) is 6.76. The standard InChI is InChI=1S/C12H21N3S2/c1-2-11-8-15(5-6-16-11)7-10-9-17-12(14-10)3-4-13/h9,11H,2-8,13H2,1H3. The summed E-state index contributed by atoms with van der Waals surface area (Å²) in [5.41, 5.74) is 6.77. The van der Waals surface area contributed by atoms with Gasteiger partial charge in [-0.3, -0.25) is 4.90 Å². The molecule has 5 heteroatoms. The normalized spacial score (nSPS) is 21.9. The SMILES string of the molecule is CCC1CN(Cc2csc(CCN)n2)CCS1. The molecule has 2 N–H and O–H groups in total. The molecule has 1 aliphatic rings. The van der Waals surface area contributed by atoms with Crippen LogP contribution in [0.2, 0.25) is 0 Å². The molecule has 1 aromatic heterocycles. The highest BCUT2D eigenvalue weighted by Crippen LogP contribution is 2.22. The third kappa shape index (κ3) is 3.95. The minimum absolute atomic E-state index is 0.700. The smallest absolute Gasteiger partial charge is 0.0941 e. The molecule has 3 nitrogen and oxygen atoms in total. The molecule has 0 aliphatic carbocycles. The summed E-state index contributed by atoms with van der Waals surface area (Å²) in [5.74, 6) is 1.26. The first-order chi connectivity index (χ1) is 8.31. The van der Waals surface area contributed by atoms with E-state index in [2.05, 4.69) is 33.9 Å². The van der Waals surface area contributed by atoms with Crippen LogP contribution in [-0.4, -0.2) is 40.5 Å². The molecule has 1 aromatic rings. The van der Waals surface area contributed by atoms with Crippen LogP contribution < -0.4 is 5.73 Å². The molecule has 17 heavy (non-hydrogen) atoms. The molecule has 0 spiro atoms. The van der Waals surface area contributed by atoms with Crippen LogP contribution in [0.4, 0.5) is 0 Å². The van der Waals surface area contributed by atoms with Gasteiger partial charge < -0.3 is 5.73 Å². The lowest BCUT2D eigenvalue weighted by molar-refractivity contribution is 0.270. The van der Waals surface area contributed by atoms with Crippen LogP contribution in [0, 0.1) is 0 Å². The van der Waals surface area contributed by atoms with Crippen molar-refractivity contribution in [1.82, 2.24) is 9.88 Å². The quantitative estimate of drug-likeness (QED) is 0.889. The van der Waals surface area contributed by atoms with E-state index in [0.29, 0.717) is 6.54 Å². The molecular formula is C12H21N3S2. The molecule has 1 saturated heterocycles. The van der Waals surface area contributed by atoms with E-state index >= 15 is 0 Å². The second-order valence-electron chi connectivity index (χ2n) is 4.41. The van der Waals surface area contributed by atoms with Crippen molar-refractivity contribution in [2.45, 2.75) is 31.6 Å². The van der Waals surface area contributed by atoms with Gasteiger partial charge >= 0.3 is 0 Å². The van der Waals surface area contributed by atoms with E-state index in [-0.39, 0.29) is 0 Å². The van der Waals surface area contributed by atoms with Crippen LogP contribution in [0.3, 0.4) is 0 Å². The summed E-state index contributed by atoms with van der Waals surface area (Å²) in [6.45, 7) is 6.41. The van der Waals surface area contributed by atoms with E-state index < -0.39 is 0 Å². The Hall–Kier alpha value is -0.100. The average Bonchev–Trinajstić information content (AvgIpc) is 2.77. The number of hydrogen-bond acceptors (Lipinski definition) is 5. The molecule has 2 rings (SSSR count). The number of thioether (sulfide) groups is 1. The first-order valence-electron chi connectivity index (χ1n) is 6.29. The van der Waals surface area contributed by atoms with E-state index in [0.717, 1.165) is 18.2 Å². The van der Waals surface area contributed by atoms with Crippen LogP contribution in [0.25, 0.3) is 0 Å². The van der Waals surface area contributed by atoms with Crippen LogP contribution in [0.1, 0.15) is 24.0 Å². The van der Waals surface area contributed by atoms with Crippen molar-refractivity contribution in [3.8, 4) is 0 Å². The Labute approximate surface area is 112 Å². The zero-order valence-electron chi connectivity index (χ0n) is 10.4. The van der Waals surface area contributed by atoms with Gasteiger partial charge in [-0.05, 0) is 13.0 Å². The summed E-state index contributed by atoms with van der Waals surface area (Å²) < 4.78 is 0. The van der Waals surface area contributed by atoms with E-state index in [1.807, 2.05) is 0 Å². The van der Waals surface area contributed by atoms with Crippen molar-refractivity contribution in [1.29, 1.82) is 0 Å². The molecule has 0 bridgehead atoms. The molecule has 1 fully saturated rings. The van der Waals surface area contributed by atoms with E-state index in [1.54, 1.807) is 11.3 Å². The summed E-state index contributed by atoms with van der Waals surface area (Å²) >= 11 is 3.86. The number of rotatable bonds is 5. The van der Waals surface area contributed by atoms with Crippen LogP contribution in [0.5, 0.6) is 0 Å². The maximum atomic E-state index is 5.54. The Balaban J connectivity index is 1.86. The van der Waals surface area contributed by atoms with Gasteiger partial charge in [0.15, 0.2) is 0 Å². The van der Waals surface area contributed by atoms with Crippen LogP contribution >= 0.6 is 23.1 Å². The number of thiazole rings is 1. The third-order valence-corrected chi connectivity index (χ3v) is 5.35. The maximum absolute atomic E-state index is 5.54. The van der Waals surface area contributed by atoms with Crippen molar-refractivity contribution in [2.75, 3.05) is 25.4 Å². The highest BCUT2D eigenvalue weighted by molar-refractivity contribution is 8.00. The Bertz CT molecular complexity index is 340. The lowest BCUT2D eigenvalue weighted by atomic mass is 10.3. The highest BCUT2D eigenvalue weighted by atomic mass is 32.2. The maximum Gasteiger partial charge on any atom is 0.0941 e. The van der Waals surface area contributed by atoms with Gasteiger partial charge in [-0.1, -0.05) is 6.92 Å². The molecule has 1 atom stereocenters. The molecule has 0 aromatic carbocycles. The summed E-state index contributed by atoms with van der Waals surface area (Å²) in [6, 6.07) is 0. The van der Waals surface area contributed by atoms with Gasteiger partial charge in [-0.25, -0.2) is 4.98 Å². The van der Waals surface area contributed by atoms with Crippen molar-refractivity contribution in [3.05, 3.63) is 16.1 Å². The summed E-state index contributed by atoms with van der Waals surface area (Å²) in [6.07, 6.45) is 2.19. The Morgan fingerprint density at radius 2 is 2.47 bits per heavy atom. The lowest BCUT2D eigenvalue weighted by Gasteiger charge is -2.31. The molecule has 0 amide bonds. The molecule has 1 aliphatic heterocycles. The first kappa shape index (κ1) is 13.3. The van der Waals surface area contributed by atoms with Gasteiger partial charge in [0.2, 0.25) is 0 Å². The van der Waals surface area contributed by atoms with Gasteiger partial charge in [0.1, 0.15) is 0 Å². The molecule has 1 unspecified atom stereocenters. The number of hydrogen-bond donors (Lipinski definition) is 1. The summed E-state index contributed by atoms with van der Waals surface area (Å²) in [7, 11) is 0. The van der Waals surface area contributed by atoms with Gasteiger partial charge in [-0.2, -0.15) is 11.8 Å². The van der Waals surface area contributed by atoms with E-state index in [4.69, 9.17) is 5.73 Å². The fraction of sp³-hybridized carbons (Fsp3) is 0.750. The van der Waals surface area contributed by atoms with Crippen molar-refractivity contribution >= 4 is 23.1 Å². The fourth-order valence-corrected chi connectivity index (χ4v) is 4.11. The Morgan fingerprint density at radius 3 is 3.24 bits per heavy atom. The molecule has 96 valence electrons. The van der Waals surface area contributed by atoms with Gasteiger partial charge in [0, 0.05) is 42.4 Å². The predicted octanol–water partition coefficient (Wildman–Crippen LogP) is 1.97. The Kier molecular flexibility index (Phi) is 5.28.